The largest absolute Gasteiger partial charge is 0.416 e. The Labute approximate surface area is 116 Å². The average Bonchev–Trinajstić information content (AvgIpc) is 2.72. The van der Waals surface area contributed by atoms with Gasteiger partial charge in [-0.3, -0.25) is 10.1 Å². The maximum Gasteiger partial charge on any atom is 0.416 e. The highest BCUT2D eigenvalue weighted by molar-refractivity contribution is 6.04. The molecule has 2 aromatic rings. The number of nitrogens with one attached hydrogen (secondary N) is 1. The lowest BCUT2D eigenvalue weighted by Crippen LogP contribution is -2.17. The number of nitrogens with zero attached hydrogens (tertiary/aromatic N) is 2. The summed E-state index contributed by atoms with van der Waals surface area (Å²) in [7, 11) is 0. The number of hydrogen-bond acceptors (Lipinski definition) is 4. The first-order valence-electron chi connectivity index (χ1n) is 5.67. The highest BCUT2D eigenvalue weighted by Gasteiger charge is 2.32. The summed E-state index contributed by atoms with van der Waals surface area (Å²) >= 11 is 0. The summed E-state index contributed by atoms with van der Waals surface area (Å²) in [6, 6.07) is 0.689. The summed E-state index contributed by atoms with van der Waals surface area (Å²) in [6.45, 7) is 2.68. The first kappa shape index (κ1) is 14.9. The maximum absolute atomic E-state index is 13.8. The summed E-state index contributed by atoms with van der Waals surface area (Å²) in [5.74, 6) is -2.08. The van der Waals surface area contributed by atoms with E-state index < -0.39 is 29.0 Å². The van der Waals surface area contributed by atoms with Gasteiger partial charge in [-0.15, -0.1) is 5.10 Å². The molecule has 5 nitrogen and oxygen atoms in total. The zero-order valence-corrected chi connectivity index (χ0v) is 10.9. The monoisotopic (exact) mass is 303 g/mol. The van der Waals surface area contributed by atoms with Gasteiger partial charge in [0.05, 0.1) is 11.1 Å². The van der Waals surface area contributed by atoms with Gasteiger partial charge in [-0.2, -0.15) is 13.2 Å². The van der Waals surface area contributed by atoms with E-state index in [4.69, 9.17) is 4.42 Å². The van der Waals surface area contributed by atoms with Crippen LogP contribution in [0, 0.1) is 19.7 Å². The number of aromatic nitrogens is 2. The fraction of sp³-hybridized carbons (Fsp3) is 0.250. The van der Waals surface area contributed by atoms with Gasteiger partial charge < -0.3 is 4.42 Å². The van der Waals surface area contributed by atoms with E-state index in [1.54, 1.807) is 0 Å². The quantitative estimate of drug-likeness (QED) is 0.866. The number of halogens is 4. The van der Waals surface area contributed by atoms with E-state index >= 15 is 0 Å². The summed E-state index contributed by atoms with van der Waals surface area (Å²) in [5.41, 5.74) is -1.84. The van der Waals surface area contributed by atoms with Crippen molar-refractivity contribution in [2.45, 2.75) is 20.0 Å². The Kier molecular flexibility index (Phi) is 3.67. The number of aryl methyl sites for hydroxylation is 2. The van der Waals surface area contributed by atoms with Gasteiger partial charge in [0.25, 0.3) is 5.91 Å². The second kappa shape index (κ2) is 5.15. The first-order valence-corrected chi connectivity index (χ1v) is 5.67. The van der Waals surface area contributed by atoms with Crippen molar-refractivity contribution in [3.63, 3.8) is 0 Å². The molecule has 0 radical (unpaired) electrons. The Morgan fingerprint density at radius 2 is 1.90 bits per heavy atom. The van der Waals surface area contributed by atoms with Gasteiger partial charge >= 0.3 is 12.2 Å². The molecule has 0 spiro atoms. The third-order valence-corrected chi connectivity index (χ3v) is 2.59. The Balaban J connectivity index is 2.33. The van der Waals surface area contributed by atoms with Crippen LogP contribution in [0.4, 0.5) is 23.6 Å². The lowest BCUT2D eigenvalue weighted by atomic mass is 10.0. The standard InChI is InChI=1S/C12H9F4N3O2/c1-5-3-7(12(14,15)16)4-8(13)9(5)10(20)17-11-19-18-6(2)21-11/h3-4H,1-2H3,(H,17,19,20). The molecule has 1 N–H and O–H groups in total. The van der Waals surface area contributed by atoms with Crippen LogP contribution in [-0.2, 0) is 6.18 Å². The molecule has 0 fully saturated rings. The van der Waals surface area contributed by atoms with Crippen LogP contribution in [-0.4, -0.2) is 16.1 Å². The Morgan fingerprint density at radius 1 is 1.24 bits per heavy atom. The highest BCUT2D eigenvalue weighted by Crippen LogP contribution is 2.31. The lowest BCUT2D eigenvalue weighted by molar-refractivity contribution is -0.137. The van der Waals surface area contributed by atoms with Crippen LogP contribution in [0.15, 0.2) is 16.5 Å². The molecule has 2 rings (SSSR count). The maximum atomic E-state index is 13.8. The van der Waals surface area contributed by atoms with Gasteiger partial charge in [0, 0.05) is 6.92 Å². The fourth-order valence-corrected chi connectivity index (χ4v) is 1.70. The van der Waals surface area contributed by atoms with Gasteiger partial charge in [-0.05, 0) is 24.6 Å². The van der Waals surface area contributed by atoms with Crippen molar-refractivity contribution in [2.75, 3.05) is 5.32 Å². The number of rotatable bonds is 2. The number of carbonyl (C=O) groups excluding carboxylic acids is 1. The normalized spacial score (nSPS) is 11.5. The zero-order chi connectivity index (χ0) is 15.8. The van der Waals surface area contributed by atoms with E-state index in [1.807, 2.05) is 0 Å². The van der Waals surface area contributed by atoms with Crippen LogP contribution in [0.2, 0.25) is 0 Å². The minimum absolute atomic E-state index is 0.156. The van der Waals surface area contributed by atoms with Crippen LogP contribution in [0.5, 0.6) is 0 Å². The SMILES string of the molecule is Cc1nnc(NC(=O)c2c(C)cc(C(F)(F)F)cc2F)o1. The second-order valence-electron chi connectivity index (χ2n) is 4.23. The molecule has 0 bridgehead atoms. The van der Waals surface area contributed by atoms with E-state index in [0.29, 0.717) is 6.07 Å². The predicted molar refractivity (Wildman–Crippen MR) is 63.1 cm³/mol. The van der Waals surface area contributed by atoms with Gasteiger partial charge in [0.15, 0.2) is 0 Å². The minimum Gasteiger partial charge on any atom is -0.408 e. The first-order chi connectivity index (χ1) is 9.68. The lowest BCUT2D eigenvalue weighted by Gasteiger charge is -2.11. The minimum atomic E-state index is -4.69. The topological polar surface area (TPSA) is 68.0 Å². The number of hydrogen-bond donors (Lipinski definition) is 1. The third-order valence-electron chi connectivity index (χ3n) is 2.59. The third kappa shape index (κ3) is 3.18. The molecule has 1 aromatic carbocycles. The molecule has 0 saturated heterocycles. The van der Waals surface area contributed by atoms with E-state index in [-0.39, 0.29) is 23.5 Å². The summed E-state index contributed by atoms with van der Waals surface area (Å²) < 4.78 is 56.2. The zero-order valence-electron chi connectivity index (χ0n) is 10.9. The summed E-state index contributed by atoms with van der Waals surface area (Å²) in [6.07, 6.45) is -4.69. The van der Waals surface area contributed by atoms with Crippen molar-refractivity contribution in [2.24, 2.45) is 0 Å². The van der Waals surface area contributed by atoms with Gasteiger partial charge in [0.1, 0.15) is 5.82 Å². The van der Waals surface area contributed by atoms with Gasteiger partial charge in [-0.25, -0.2) is 4.39 Å². The molecule has 0 saturated carbocycles. The van der Waals surface area contributed by atoms with E-state index in [2.05, 4.69) is 15.5 Å². The molecule has 0 aliphatic rings. The molecule has 0 aliphatic carbocycles. The number of amides is 1. The average molecular weight is 303 g/mol. The molecule has 1 aromatic heterocycles. The van der Waals surface area contributed by atoms with Crippen molar-refractivity contribution in [3.8, 4) is 0 Å². The molecule has 112 valence electrons. The number of alkyl halides is 3. The summed E-state index contributed by atoms with van der Waals surface area (Å²) in [5, 5.41) is 9.05. The fourth-order valence-electron chi connectivity index (χ4n) is 1.70. The van der Waals surface area contributed by atoms with Crippen molar-refractivity contribution >= 4 is 11.9 Å². The number of carbonyl (C=O) groups is 1. The Morgan fingerprint density at radius 3 is 2.38 bits per heavy atom. The van der Waals surface area contributed by atoms with Crippen LogP contribution in [0.3, 0.4) is 0 Å². The molecule has 1 amide bonds. The molecular weight excluding hydrogens is 294 g/mol. The van der Waals surface area contributed by atoms with Gasteiger partial charge in [-0.1, -0.05) is 5.10 Å². The summed E-state index contributed by atoms with van der Waals surface area (Å²) in [4.78, 5) is 11.9. The number of benzene rings is 1. The van der Waals surface area contributed by atoms with Crippen molar-refractivity contribution < 1.29 is 26.8 Å². The van der Waals surface area contributed by atoms with E-state index in [1.165, 1.54) is 13.8 Å². The van der Waals surface area contributed by atoms with Crippen LogP contribution >= 0.6 is 0 Å². The van der Waals surface area contributed by atoms with Crippen LogP contribution in [0.1, 0.15) is 27.4 Å². The van der Waals surface area contributed by atoms with E-state index in [9.17, 15) is 22.4 Å². The van der Waals surface area contributed by atoms with Crippen molar-refractivity contribution in [3.05, 3.63) is 40.5 Å². The Hall–Kier alpha value is -2.45. The molecule has 0 atom stereocenters. The van der Waals surface area contributed by atoms with Crippen LogP contribution < -0.4 is 5.32 Å². The molecule has 0 unspecified atom stereocenters. The van der Waals surface area contributed by atoms with E-state index in [0.717, 1.165) is 0 Å². The van der Waals surface area contributed by atoms with Gasteiger partial charge in [0.2, 0.25) is 5.89 Å². The molecule has 21 heavy (non-hydrogen) atoms. The molecule has 0 aliphatic heterocycles. The predicted octanol–water partition coefficient (Wildman–Crippen LogP) is 3.10. The van der Waals surface area contributed by atoms with Crippen LogP contribution in [0.25, 0.3) is 0 Å². The molecule has 1 heterocycles. The molecule has 9 heteroatoms. The van der Waals surface area contributed by atoms with Crippen molar-refractivity contribution in [1.29, 1.82) is 0 Å². The number of anilines is 1. The highest BCUT2D eigenvalue weighted by atomic mass is 19.4. The Bertz CT molecular complexity index is 671. The second-order valence-corrected chi connectivity index (χ2v) is 4.23. The van der Waals surface area contributed by atoms with Crippen molar-refractivity contribution in [1.82, 2.24) is 10.2 Å². The molecular formula is C12H9F4N3O2. The smallest absolute Gasteiger partial charge is 0.408 e.